The van der Waals surface area contributed by atoms with Crippen molar-refractivity contribution in [3.63, 3.8) is 0 Å². The van der Waals surface area contributed by atoms with E-state index in [0.717, 1.165) is 23.5 Å². The highest BCUT2D eigenvalue weighted by Crippen LogP contribution is 2.35. The Hall–Kier alpha value is -0.680. The van der Waals surface area contributed by atoms with Gasteiger partial charge in [0.05, 0.1) is 12.6 Å². The Bertz CT molecular complexity index is 368. The molecular formula is C12H21N3OS. The first-order chi connectivity index (χ1) is 8.00. The number of hydrogen-bond acceptors (Lipinski definition) is 5. The predicted octanol–water partition coefficient (Wildman–Crippen LogP) is 2.67. The molecule has 1 heterocycles. The molecule has 1 aliphatic carbocycles. The lowest BCUT2D eigenvalue weighted by atomic mass is 9.96. The number of nitrogens with one attached hydrogen (secondary N) is 1. The van der Waals surface area contributed by atoms with Gasteiger partial charge in [0, 0.05) is 24.1 Å². The van der Waals surface area contributed by atoms with E-state index in [4.69, 9.17) is 4.74 Å². The van der Waals surface area contributed by atoms with Gasteiger partial charge in [-0.25, -0.2) is 4.98 Å². The van der Waals surface area contributed by atoms with Gasteiger partial charge in [-0.2, -0.15) is 4.37 Å². The van der Waals surface area contributed by atoms with Crippen molar-refractivity contribution >= 4 is 16.7 Å². The largest absolute Gasteiger partial charge is 0.383 e. The summed E-state index contributed by atoms with van der Waals surface area (Å²) >= 11 is 1.45. The van der Waals surface area contributed by atoms with Crippen LogP contribution < -0.4 is 5.32 Å². The molecule has 0 saturated heterocycles. The first kappa shape index (κ1) is 12.8. The molecule has 1 atom stereocenters. The van der Waals surface area contributed by atoms with Crippen molar-refractivity contribution in [3.8, 4) is 0 Å². The number of rotatable bonds is 5. The third-order valence-corrected chi connectivity index (χ3v) is 3.59. The SMILES string of the molecule is COCC(Nc1nc(C(C)(C)C)ns1)C1CC1. The highest BCUT2D eigenvalue weighted by Gasteiger charge is 2.32. The van der Waals surface area contributed by atoms with Gasteiger partial charge < -0.3 is 10.1 Å². The zero-order valence-electron chi connectivity index (χ0n) is 11.0. The minimum Gasteiger partial charge on any atom is -0.383 e. The Morgan fingerprint density at radius 3 is 2.65 bits per heavy atom. The number of aromatic nitrogens is 2. The second kappa shape index (κ2) is 4.90. The van der Waals surface area contributed by atoms with Gasteiger partial charge in [0.25, 0.3) is 0 Å². The van der Waals surface area contributed by atoms with E-state index >= 15 is 0 Å². The van der Waals surface area contributed by atoms with Crippen LogP contribution in [0, 0.1) is 5.92 Å². The lowest BCUT2D eigenvalue weighted by molar-refractivity contribution is 0.179. The maximum absolute atomic E-state index is 5.25. The van der Waals surface area contributed by atoms with Crippen molar-refractivity contribution in [2.45, 2.75) is 45.1 Å². The smallest absolute Gasteiger partial charge is 0.202 e. The van der Waals surface area contributed by atoms with Crippen LogP contribution in [-0.4, -0.2) is 29.1 Å². The van der Waals surface area contributed by atoms with Crippen LogP contribution in [0.1, 0.15) is 39.4 Å². The summed E-state index contributed by atoms with van der Waals surface area (Å²) < 4.78 is 9.65. The first-order valence-electron chi connectivity index (χ1n) is 6.10. The van der Waals surface area contributed by atoms with E-state index in [1.54, 1.807) is 7.11 Å². The molecule has 2 rings (SSSR count). The standard InChI is InChI=1S/C12H21N3OS/c1-12(2,3)10-14-11(17-15-10)13-9(7-16-4)8-5-6-8/h8-9H,5-7H2,1-4H3,(H,13,14,15). The Kier molecular flexibility index (Phi) is 3.68. The summed E-state index contributed by atoms with van der Waals surface area (Å²) in [5.74, 6) is 1.66. The van der Waals surface area contributed by atoms with Gasteiger partial charge in [0.1, 0.15) is 5.82 Å². The molecular weight excluding hydrogens is 234 g/mol. The number of anilines is 1. The molecule has 1 N–H and O–H groups in total. The molecule has 0 spiro atoms. The average molecular weight is 255 g/mol. The highest BCUT2D eigenvalue weighted by molar-refractivity contribution is 7.09. The number of methoxy groups -OCH3 is 1. The fraction of sp³-hybridized carbons (Fsp3) is 0.833. The third-order valence-electron chi connectivity index (χ3n) is 2.94. The first-order valence-corrected chi connectivity index (χ1v) is 6.87. The van der Waals surface area contributed by atoms with Crippen LogP contribution in [0.3, 0.4) is 0 Å². The molecule has 0 aliphatic heterocycles. The van der Waals surface area contributed by atoms with Crippen molar-refractivity contribution in [2.75, 3.05) is 19.0 Å². The molecule has 0 amide bonds. The molecule has 1 saturated carbocycles. The second-order valence-corrected chi connectivity index (χ2v) is 6.47. The summed E-state index contributed by atoms with van der Waals surface area (Å²) in [6.45, 7) is 7.14. The third kappa shape index (κ3) is 3.39. The maximum Gasteiger partial charge on any atom is 0.202 e. The van der Waals surface area contributed by atoms with Gasteiger partial charge in [-0.15, -0.1) is 0 Å². The molecule has 5 heteroatoms. The molecule has 1 unspecified atom stereocenters. The molecule has 0 aromatic carbocycles. The van der Waals surface area contributed by atoms with E-state index in [1.165, 1.54) is 24.4 Å². The number of ether oxygens (including phenoxy) is 1. The average Bonchev–Trinajstić information content (AvgIpc) is 2.96. The zero-order chi connectivity index (χ0) is 12.5. The summed E-state index contributed by atoms with van der Waals surface area (Å²) in [6, 6.07) is 0.390. The van der Waals surface area contributed by atoms with Crippen LogP contribution in [0.2, 0.25) is 0 Å². The summed E-state index contributed by atoms with van der Waals surface area (Å²) in [5.41, 5.74) is 0.0206. The minimum absolute atomic E-state index is 0.0206. The van der Waals surface area contributed by atoms with Crippen LogP contribution in [0.15, 0.2) is 0 Å². The second-order valence-electron chi connectivity index (χ2n) is 5.72. The minimum atomic E-state index is 0.0206. The van der Waals surface area contributed by atoms with Gasteiger partial charge in [-0.05, 0) is 18.8 Å². The van der Waals surface area contributed by atoms with Gasteiger partial charge in [-0.1, -0.05) is 20.8 Å². The number of nitrogens with zero attached hydrogens (tertiary/aromatic N) is 2. The zero-order valence-corrected chi connectivity index (χ0v) is 11.8. The van der Waals surface area contributed by atoms with Crippen LogP contribution in [0.5, 0.6) is 0 Å². The fourth-order valence-corrected chi connectivity index (χ4v) is 2.54. The Morgan fingerprint density at radius 2 is 2.18 bits per heavy atom. The van der Waals surface area contributed by atoms with Gasteiger partial charge in [0.2, 0.25) is 5.13 Å². The van der Waals surface area contributed by atoms with Crippen molar-refractivity contribution in [1.82, 2.24) is 9.36 Å². The van der Waals surface area contributed by atoms with Crippen LogP contribution in [0.4, 0.5) is 5.13 Å². The van der Waals surface area contributed by atoms with Crippen LogP contribution in [0.25, 0.3) is 0 Å². The molecule has 0 radical (unpaired) electrons. The molecule has 1 fully saturated rings. The van der Waals surface area contributed by atoms with Gasteiger partial charge >= 0.3 is 0 Å². The predicted molar refractivity (Wildman–Crippen MR) is 70.6 cm³/mol. The maximum atomic E-state index is 5.25. The van der Waals surface area contributed by atoms with E-state index in [2.05, 4.69) is 35.4 Å². The lowest BCUT2D eigenvalue weighted by Crippen LogP contribution is -2.27. The molecule has 1 aliphatic rings. The Morgan fingerprint density at radius 1 is 1.47 bits per heavy atom. The fourth-order valence-electron chi connectivity index (χ4n) is 1.72. The summed E-state index contributed by atoms with van der Waals surface area (Å²) in [7, 11) is 1.75. The van der Waals surface area contributed by atoms with E-state index in [-0.39, 0.29) is 5.41 Å². The lowest BCUT2D eigenvalue weighted by Gasteiger charge is -2.16. The van der Waals surface area contributed by atoms with Gasteiger partial charge in [0.15, 0.2) is 0 Å². The molecule has 1 aromatic heterocycles. The highest BCUT2D eigenvalue weighted by atomic mass is 32.1. The molecule has 0 bridgehead atoms. The van der Waals surface area contributed by atoms with E-state index in [1.807, 2.05) is 0 Å². The van der Waals surface area contributed by atoms with Crippen molar-refractivity contribution < 1.29 is 4.74 Å². The van der Waals surface area contributed by atoms with Gasteiger partial charge in [-0.3, -0.25) is 0 Å². The monoisotopic (exact) mass is 255 g/mol. The van der Waals surface area contributed by atoms with E-state index in [0.29, 0.717) is 6.04 Å². The van der Waals surface area contributed by atoms with Crippen molar-refractivity contribution in [3.05, 3.63) is 5.82 Å². The molecule has 96 valence electrons. The molecule has 17 heavy (non-hydrogen) atoms. The Labute approximate surface area is 107 Å². The number of hydrogen-bond donors (Lipinski definition) is 1. The van der Waals surface area contributed by atoms with Crippen LogP contribution >= 0.6 is 11.5 Å². The van der Waals surface area contributed by atoms with E-state index in [9.17, 15) is 0 Å². The normalized spacial score (nSPS) is 18.1. The summed E-state index contributed by atoms with van der Waals surface area (Å²) in [4.78, 5) is 4.55. The summed E-state index contributed by atoms with van der Waals surface area (Å²) in [5, 5.41) is 4.37. The Balaban J connectivity index is 1.99. The molecule has 1 aromatic rings. The quantitative estimate of drug-likeness (QED) is 0.878. The molecule has 4 nitrogen and oxygen atoms in total. The van der Waals surface area contributed by atoms with E-state index < -0.39 is 0 Å². The van der Waals surface area contributed by atoms with Crippen molar-refractivity contribution in [1.29, 1.82) is 0 Å². The topological polar surface area (TPSA) is 47.0 Å². The summed E-state index contributed by atoms with van der Waals surface area (Å²) in [6.07, 6.45) is 2.60. The van der Waals surface area contributed by atoms with Crippen LogP contribution in [-0.2, 0) is 10.2 Å². The van der Waals surface area contributed by atoms with Crippen molar-refractivity contribution in [2.24, 2.45) is 5.92 Å².